The van der Waals surface area contributed by atoms with Crippen LogP contribution in [0, 0.1) is 0 Å². The minimum atomic E-state index is -3.75. The first-order chi connectivity index (χ1) is 11.9. The number of rotatable bonds is 8. The van der Waals surface area contributed by atoms with Crippen molar-refractivity contribution in [2.24, 2.45) is 12.8 Å². The van der Waals surface area contributed by atoms with Crippen molar-refractivity contribution >= 4 is 16.0 Å². The normalized spacial score (nSPS) is 11.7. The molecule has 0 amide bonds. The Bertz CT molecular complexity index is 816. The Kier molecular flexibility index (Phi) is 6.35. The first-order valence-electron chi connectivity index (χ1n) is 7.89. The van der Waals surface area contributed by atoms with Crippen LogP contribution in [-0.4, -0.2) is 50.0 Å². The molecule has 2 aromatic rings. The van der Waals surface area contributed by atoms with Crippen molar-refractivity contribution in [2.75, 3.05) is 26.7 Å². The van der Waals surface area contributed by atoms with E-state index in [1.165, 1.54) is 28.2 Å². The van der Waals surface area contributed by atoms with Crippen molar-refractivity contribution in [3.63, 3.8) is 0 Å². The topological polar surface area (TPSA) is 94.6 Å². The third kappa shape index (κ3) is 4.47. The number of hydrogen-bond acceptors (Lipinski definition) is 5. The van der Waals surface area contributed by atoms with Gasteiger partial charge in [0, 0.05) is 32.9 Å². The molecule has 0 aliphatic rings. The maximum absolute atomic E-state index is 12.9. The van der Waals surface area contributed by atoms with Crippen LogP contribution in [0.5, 0.6) is 0 Å². The molecule has 136 valence electrons. The van der Waals surface area contributed by atoms with Gasteiger partial charge < -0.3 is 15.0 Å². The lowest BCUT2D eigenvalue weighted by molar-refractivity contribution is 0.0590. The van der Waals surface area contributed by atoms with Crippen molar-refractivity contribution in [3.05, 3.63) is 53.9 Å². The number of ether oxygens (including phenoxy) is 1. The molecule has 7 nitrogen and oxygen atoms in total. The lowest BCUT2D eigenvalue weighted by Gasteiger charge is -2.21. The second-order valence-corrected chi connectivity index (χ2v) is 7.53. The van der Waals surface area contributed by atoms with Crippen molar-refractivity contribution in [3.8, 4) is 0 Å². The van der Waals surface area contributed by atoms with Crippen molar-refractivity contribution in [2.45, 2.75) is 11.3 Å². The quantitative estimate of drug-likeness (QED) is 0.705. The lowest BCUT2D eigenvalue weighted by atomic mass is 10.1. The highest BCUT2D eigenvalue weighted by molar-refractivity contribution is 7.89. The van der Waals surface area contributed by atoms with Gasteiger partial charge in [-0.3, -0.25) is 0 Å². The van der Waals surface area contributed by atoms with Gasteiger partial charge in [-0.2, -0.15) is 4.31 Å². The number of nitrogens with two attached hydrogens (primary N) is 1. The van der Waals surface area contributed by atoms with Gasteiger partial charge in [-0.25, -0.2) is 13.2 Å². The van der Waals surface area contributed by atoms with E-state index >= 15 is 0 Å². The number of carbonyl (C=O) groups is 1. The second kappa shape index (κ2) is 8.28. The minimum Gasteiger partial charge on any atom is -0.464 e. The smallest absolute Gasteiger partial charge is 0.354 e. The van der Waals surface area contributed by atoms with Gasteiger partial charge >= 0.3 is 5.97 Å². The van der Waals surface area contributed by atoms with E-state index in [1.54, 1.807) is 7.05 Å². The number of aryl methyl sites for hydroxylation is 1. The van der Waals surface area contributed by atoms with E-state index in [1.807, 2.05) is 30.3 Å². The Morgan fingerprint density at radius 2 is 1.92 bits per heavy atom. The van der Waals surface area contributed by atoms with E-state index in [-0.39, 0.29) is 23.7 Å². The van der Waals surface area contributed by atoms with Gasteiger partial charge in [0.1, 0.15) is 10.6 Å². The Labute approximate surface area is 148 Å². The fourth-order valence-corrected chi connectivity index (χ4v) is 4.05. The zero-order chi connectivity index (χ0) is 18.4. The molecule has 0 spiro atoms. The number of hydrogen-bond donors (Lipinski definition) is 1. The molecule has 2 N–H and O–H groups in total. The van der Waals surface area contributed by atoms with Crippen molar-refractivity contribution < 1.29 is 17.9 Å². The molecule has 0 saturated carbocycles. The number of nitrogens with zero attached hydrogens (tertiary/aromatic N) is 2. The maximum Gasteiger partial charge on any atom is 0.354 e. The third-order valence-electron chi connectivity index (χ3n) is 3.88. The van der Waals surface area contributed by atoms with E-state index < -0.39 is 16.0 Å². The monoisotopic (exact) mass is 365 g/mol. The molecule has 2 rings (SSSR count). The largest absolute Gasteiger partial charge is 0.464 e. The molecule has 1 aromatic carbocycles. The molecule has 25 heavy (non-hydrogen) atoms. The third-order valence-corrected chi connectivity index (χ3v) is 5.75. The Hall–Kier alpha value is -2.16. The number of benzene rings is 1. The summed E-state index contributed by atoms with van der Waals surface area (Å²) in [6.45, 7) is 0.730. The van der Waals surface area contributed by atoms with Gasteiger partial charge in [-0.15, -0.1) is 0 Å². The van der Waals surface area contributed by atoms with Gasteiger partial charge in [0.25, 0.3) is 0 Å². The van der Waals surface area contributed by atoms with Gasteiger partial charge in [0.2, 0.25) is 10.0 Å². The van der Waals surface area contributed by atoms with Crippen molar-refractivity contribution in [1.29, 1.82) is 0 Å². The average molecular weight is 365 g/mol. The minimum absolute atomic E-state index is 0.0527. The van der Waals surface area contributed by atoms with Crippen LogP contribution in [-0.2, 0) is 28.2 Å². The summed E-state index contributed by atoms with van der Waals surface area (Å²) in [5.74, 6) is -0.585. The molecule has 0 bridgehead atoms. The van der Waals surface area contributed by atoms with E-state index in [0.29, 0.717) is 13.0 Å². The van der Waals surface area contributed by atoms with Crippen molar-refractivity contribution in [1.82, 2.24) is 8.87 Å². The van der Waals surface area contributed by atoms with E-state index in [9.17, 15) is 13.2 Å². The Balaban J connectivity index is 2.25. The van der Waals surface area contributed by atoms with Crippen LogP contribution in [0.15, 0.2) is 47.5 Å². The van der Waals surface area contributed by atoms with Crippen LogP contribution in [0.1, 0.15) is 16.1 Å². The zero-order valence-electron chi connectivity index (χ0n) is 14.4. The van der Waals surface area contributed by atoms with Crippen LogP contribution in [0.25, 0.3) is 0 Å². The van der Waals surface area contributed by atoms with Crippen LogP contribution >= 0.6 is 0 Å². The highest BCUT2D eigenvalue weighted by atomic mass is 32.2. The van der Waals surface area contributed by atoms with Gasteiger partial charge in [0.15, 0.2) is 0 Å². The van der Waals surface area contributed by atoms with Gasteiger partial charge in [-0.05, 0) is 18.1 Å². The van der Waals surface area contributed by atoms with E-state index in [2.05, 4.69) is 4.74 Å². The maximum atomic E-state index is 12.9. The molecule has 0 radical (unpaired) electrons. The lowest BCUT2D eigenvalue weighted by Crippen LogP contribution is -2.36. The summed E-state index contributed by atoms with van der Waals surface area (Å²) >= 11 is 0. The predicted octanol–water partition coefficient (Wildman–Crippen LogP) is 1.00. The fraction of sp³-hybridized carbons (Fsp3) is 0.353. The first-order valence-corrected chi connectivity index (χ1v) is 9.33. The molecule has 8 heteroatoms. The SMILES string of the molecule is COC(=O)c1cc(S(=O)(=O)N(CCN)CCc2ccccc2)cn1C. The molecule has 1 heterocycles. The molecule has 0 saturated heterocycles. The summed E-state index contributed by atoms with van der Waals surface area (Å²) in [7, 11) is -0.898. The molecule has 0 atom stereocenters. The summed E-state index contributed by atoms with van der Waals surface area (Å²) in [4.78, 5) is 11.8. The summed E-state index contributed by atoms with van der Waals surface area (Å²) in [5.41, 5.74) is 6.81. The highest BCUT2D eigenvalue weighted by Gasteiger charge is 2.27. The molecular weight excluding hydrogens is 342 g/mol. The fourth-order valence-electron chi connectivity index (χ4n) is 2.53. The summed E-state index contributed by atoms with van der Waals surface area (Å²) in [6.07, 6.45) is 1.99. The summed E-state index contributed by atoms with van der Waals surface area (Å²) in [5, 5.41) is 0. The van der Waals surface area contributed by atoms with E-state index in [4.69, 9.17) is 5.73 Å². The second-order valence-electron chi connectivity index (χ2n) is 5.59. The molecule has 0 unspecified atom stereocenters. The molecule has 0 fully saturated rings. The van der Waals surface area contributed by atoms with Crippen LogP contribution in [0.2, 0.25) is 0 Å². The Morgan fingerprint density at radius 1 is 1.24 bits per heavy atom. The number of sulfonamides is 1. The first kappa shape index (κ1) is 19.2. The highest BCUT2D eigenvalue weighted by Crippen LogP contribution is 2.19. The number of esters is 1. The molecule has 1 aromatic heterocycles. The van der Waals surface area contributed by atoms with Crippen LogP contribution < -0.4 is 5.73 Å². The number of methoxy groups -OCH3 is 1. The van der Waals surface area contributed by atoms with Crippen LogP contribution in [0.3, 0.4) is 0 Å². The summed E-state index contributed by atoms with van der Waals surface area (Å²) < 4.78 is 33.3. The summed E-state index contributed by atoms with van der Waals surface area (Å²) in [6, 6.07) is 11.0. The van der Waals surface area contributed by atoms with Gasteiger partial charge in [-0.1, -0.05) is 30.3 Å². The van der Waals surface area contributed by atoms with Crippen LogP contribution in [0.4, 0.5) is 0 Å². The standard InChI is InChI=1S/C17H23N3O4S/c1-19-13-15(12-16(19)17(21)24-2)25(22,23)20(11-9-18)10-8-14-6-4-3-5-7-14/h3-7,12-13H,8-11,18H2,1-2H3. The molecule has 0 aliphatic carbocycles. The predicted molar refractivity (Wildman–Crippen MR) is 94.7 cm³/mol. The Morgan fingerprint density at radius 3 is 2.52 bits per heavy atom. The number of aromatic nitrogens is 1. The molecular formula is C17H23N3O4S. The van der Waals surface area contributed by atoms with Gasteiger partial charge in [0.05, 0.1) is 7.11 Å². The van der Waals surface area contributed by atoms with E-state index in [0.717, 1.165) is 5.56 Å². The number of carbonyl (C=O) groups excluding carboxylic acids is 1. The zero-order valence-corrected chi connectivity index (χ0v) is 15.2. The molecule has 0 aliphatic heterocycles. The average Bonchev–Trinajstić information content (AvgIpc) is 3.01.